The molecule has 1 aromatic carbocycles. The number of carboxylic acid groups (broad SMARTS) is 1. The Balaban J connectivity index is 1.76. The van der Waals surface area contributed by atoms with Gasteiger partial charge in [0.2, 0.25) is 0 Å². The van der Waals surface area contributed by atoms with Crippen LogP contribution in [0.3, 0.4) is 0 Å². The number of nitrogens with one attached hydrogen (secondary N) is 1. The minimum atomic E-state index is -1.00. The number of amides is 1. The maximum Gasteiger partial charge on any atom is 0.335 e. The van der Waals surface area contributed by atoms with E-state index >= 15 is 0 Å². The molecule has 0 bridgehead atoms. The second kappa shape index (κ2) is 5.63. The molecule has 6 heteroatoms. The first-order chi connectivity index (χ1) is 10.6. The molecule has 3 rings (SSSR count). The minimum absolute atomic E-state index is 0.0379. The number of aromatic carboxylic acids is 1. The zero-order valence-corrected chi connectivity index (χ0v) is 12.2. The summed E-state index contributed by atoms with van der Waals surface area (Å²) in [6.45, 7) is 0. The molecule has 1 heterocycles. The van der Waals surface area contributed by atoms with E-state index in [1.807, 2.05) is 17.9 Å². The Hall–Kier alpha value is -2.63. The first-order valence-electron chi connectivity index (χ1n) is 7.21. The topological polar surface area (TPSA) is 84.2 Å². The fourth-order valence-corrected chi connectivity index (χ4v) is 2.86. The quantitative estimate of drug-likeness (QED) is 0.907. The van der Waals surface area contributed by atoms with Gasteiger partial charge in [0.15, 0.2) is 0 Å². The largest absolute Gasteiger partial charge is 0.478 e. The number of aryl methyl sites for hydroxylation is 1. The number of carboxylic acids is 1. The maximum atomic E-state index is 12.3. The van der Waals surface area contributed by atoms with Crippen LogP contribution in [0.15, 0.2) is 30.5 Å². The summed E-state index contributed by atoms with van der Waals surface area (Å²) in [6.07, 6.45) is 4.69. The predicted octanol–water partition coefficient (Wildman–Crippen LogP) is 1.93. The molecule has 2 aromatic rings. The van der Waals surface area contributed by atoms with Gasteiger partial charge in [0.25, 0.3) is 5.91 Å². The van der Waals surface area contributed by atoms with Crippen LogP contribution in [-0.2, 0) is 13.5 Å². The highest BCUT2D eigenvalue weighted by Gasteiger charge is 2.25. The van der Waals surface area contributed by atoms with E-state index in [9.17, 15) is 9.59 Å². The van der Waals surface area contributed by atoms with E-state index < -0.39 is 5.97 Å². The van der Waals surface area contributed by atoms with Gasteiger partial charge in [0.1, 0.15) is 0 Å². The van der Waals surface area contributed by atoms with E-state index in [1.165, 1.54) is 24.3 Å². The number of benzene rings is 1. The van der Waals surface area contributed by atoms with Gasteiger partial charge in [0.05, 0.1) is 17.8 Å². The maximum absolute atomic E-state index is 12.3. The van der Waals surface area contributed by atoms with Crippen molar-refractivity contribution >= 4 is 11.9 Å². The van der Waals surface area contributed by atoms with Crippen LogP contribution >= 0.6 is 0 Å². The average Bonchev–Trinajstić information content (AvgIpc) is 2.90. The van der Waals surface area contributed by atoms with Gasteiger partial charge in [-0.1, -0.05) is 0 Å². The number of nitrogens with zero attached hydrogens (tertiary/aromatic N) is 2. The lowest BCUT2D eigenvalue weighted by Crippen LogP contribution is -2.31. The van der Waals surface area contributed by atoms with Gasteiger partial charge in [-0.3, -0.25) is 9.48 Å². The van der Waals surface area contributed by atoms with Crippen molar-refractivity contribution in [2.75, 3.05) is 0 Å². The average molecular weight is 299 g/mol. The van der Waals surface area contributed by atoms with Gasteiger partial charge in [-0.2, -0.15) is 5.10 Å². The number of carbonyl (C=O) groups excluding carboxylic acids is 1. The Morgan fingerprint density at radius 3 is 2.64 bits per heavy atom. The summed E-state index contributed by atoms with van der Waals surface area (Å²) in [6, 6.07) is 5.91. The summed E-state index contributed by atoms with van der Waals surface area (Å²) in [5, 5.41) is 16.2. The molecule has 0 aliphatic heterocycles. The summed E-state index contributed by atoms with van der Waals surface area (Å²) < 4.78 is 1.86. The molecular formula is C16H17N3O3. The van der Waals surface area contributed by atoms with E-state index in [2.05, 4.69) is 10.4 Å². The van der Waals surface area contributed by atoms with Crippen LogP contribution < -0.4 is 5.32 Å². The van der Waals surface area contributed by atoms with Crippen LogP contribution in [0.4, 0.5) is 0 Å². The molecule has 0 radical (unpaired) electrons. The first kappa shape index (κ1) is 14.3. The molecule has 1 aliphatic carbocycles. The molecule has 0 spiro atoms. The third kappa shape index (κ3) is 2.59. The first-order valence-corrected chi connectivity index (χ1v) is 7.21. The van der Waals surface area contributed by atoms with Gasteiger partial charge in [-0.25, -0.2) is 4.79 Å². The van der Waals surface area contributed by atoms with E-state index in [1.54, 1.807) is 0 Å². The fourth-order valence-electron chi connectivity index (χ4n) is 2.86. The number of hydrogen-bond donors (Lipinski definition) is 2. The molecular weight excluding hydrogens is 282 g/mol. The number of hydrogen-bond acceptors (Lipinski definition) is 3. The van der Waals surface area contributed by atoms with Crippen LogP contribution in [-0.4, -0.2) is 26.8 Å². The smallest absolute Gasteiger partial charge is 0.335 e. The van der Waals surface area contributed by atoms with Crippen molar-refractivity contribution < 1.29 is 14.7 Å². The van der Waals surface area contributed by atoms with E-state index in [0.29, 0.717) is 5.56 Å². The van der Waals surface area contributed by atoms with Gasteiger partial charge in [-0.05, 0) is 43.5 Å². The summed E-state index contributed by atoms with van der Waals surface area (Å²) in [7, 11) is 1.91. The standard InChI is InChI=1S/C16H17N3O3/c1-19-14-4-2-3-13(12(14)9-17-19)18-15(20)10-5-7-11(8-6-10)16(21)22/h5-9,13H,2-4H2,1H3,(H,18,20)(H,21,22). The summed E-state index contributed by atoms with van der Waals surface area (Å²) in [5.41, 5.74) is 2.87. The predicted molar refractivity (Wildman–Crippen MR) is 79.8 cm³/mol. The minimum Gasteiger partial charge on any atom is -0.478 e. The lowest BCUT2D eigenvalue weighted by molar-refractivity contribution is 0.0696. The van der Waals surface area contributed by atoms with Crippen LogP contribution in [0.5, 0.6) is 0 Å². The van der Waals surface area contributed by atoms with Crippen molar-refractivity contribution in [1.82, 2.24) is 15.1 Å². The Morgan fingerprint density at radius 2 is 1.95 bits per heavy atom. The van der Waals surface area contributed by atoms with Crippen LogP contribution in [0.1, 0.15) is 50.9 Å². The number of fused-ring (bicyclic) bond motifs is 1. The number of carbonyl (C=O) groups is 2. The molecule has 22 heavy (non-hydrogen) atoms. The highest BCUT2D eigenvalue weighted by atomic mass is 16.4. The van der Waals surface area contributed by atoms with E-state index in [0.717, 1.165) is 30.5 Å². The molecule has 1 aromatic heterocycles. The normalized spacial score (nSPS) is 16.9. The van der Waals surface area contributed by atoms with Crippen molar-refractivity contribution in [1.29, 1.82) is 0 Å². The Bertz CT molecular complexity index is 719. The number of aromatic nitrogens is 2. The summed E-state index contributed by atoms with van der Waals surface area (Å²) in [5.74, 6) is -1.20. The fraction of sp³-hybridized carbons (Fsp3) is 0.312. The Morgan fingerprint density at radius 1 is 1.27 bits per heavy atom. The molecule has 1 unspecified atom stereocenters. The second-order valence-electron chi connectivity index (χ2n) is 5.47. The van der Waals surface area contributed by atoms with Gasteiger partial charge < -0.3 is 10.4 Å². The Kier molecular flexibility index (Phi) is 3.66. The summed E-state index contributed by atoms with van der Waals surface area (Å²) in [4.78, 5) is 23.2. The molecule has 1 amide bonds. The van der Waals surface area contributed by atoms with Crippen LogP contribution in [0.25, 0.3) is 0 Å². The lowest BCUT2D eigenvalue weighted by atomic mass is 9.92. The monoisotopic (exact) mass is 299 g/mol. The molecule has 0 saturated carbocycles. The second-order valence-corrected chi connectivity index (χ2v) is 5.47. The van der Waals surface area contributed by atoms with Gasteiger partial charge in [0, 0.05) is 23.9 Å². The molecule has 1 aliphatic rings. The van der Waals surface area contributed by atoms with E-state index in [-0.39, 0.29) is 17.5 Å². The summed E-state index contributed by atoms with van der Waals surface area (Å²) >= 11 is 0. The molecule has 6 nitrogen and oxygen atoms in total. The van der Waals surface area contributed by atoms with Crippen molar-refractivity contribution in [2.24, 2.45) is 7.05 Å². The molecule has 1 atom stereocenters. The zero-order valence-electron chi connectivity index (χ0n) is 12.2. The van der Waals surface area contributed by atoms with E-state index in [4.69, 9.17) is 5.11 Å². The van der Waals surface area contributed by atoms with Gasteiger partial charge in [-0.15, -0.1) is 0 Å². The number of rotatable bonds is 3. The molecule has 2 N–H and O–H groups in total. The van der Waals surface area contributed by atoms with Crippen molar-refractivity contribution in [3.63, 3.8) is 0 Å². The lowest BCUT2D eigenvalue weighted by Gasteiger charge is -2.23. The van der Waals surface area contributed by atoms with Gasteiger partial charge >= 0.3 is 5.97 Å². The molecule has 0 fully saturated rings. The highest BCUT2D eigenvalue weighted by molar-refractivity contribution is 5.96. The third-order valence-corrected chi connectivity index (χ3v) is 4.08. The van der Waals surface area contributed by atoms with Crippen molar-refractivity contribution in [3.8, 4) is 0 Å². The van der Waals surface area contributed by atoms with Crippen molar-refractivity contribution in [2.45, 2.75) is 25.3 Å². The van der Waals surface area contributed by atoms with Crippen LogP contribution in [0.2, 0.25) is 0 Å². The third-order valence-electron chi connectivity index (χ3n) is 4.08. The molecule has 114 valence electrons. The Labute approximate surface area is 127 Å². The highest BCUT2D eigenvalue weighted by Crippen LogP contribution is 2.29. The molecule has 0 saturated heterocycles. The van der Waals surface area contributed by atoms with Crippen molar-refractivity contribution in [3.05, 3.63) is 52.8 Å². The SMILES string of the molecule is Cn1ncc2c1CCCC2NC(=O)c1ccc(C(=O)O)cc1. The van der Waals surface area contributed by atoms with Crippen LogP contribution in [0, 0.1) is 0 Å². The zero-order chi connectivity index (χ0) is 15.7.